The third-order valence-electron chi connectivity index (χ3n) is 3.63. The molecule has 8 heteroatoms. The van der Waals surface area contributed by atoms with Crippen molar-refractivity contribution < 1.29 is 13.2 Å². The number of carbonyl (C=O) groups is 1. The molecule has 1 aromatic heterocycles. The Labute approximate surface area is 152 Å². The van der Waals surface area contributed by atoms with Gasteiger partial charge >= 0.3 is 6.03 Å². The lowest BCUT2D eigenvalue weighted by molar-refractivity contribution is 0.244. The van der Waals surface area contributed by atoms with Crippen molar-refractivity contribution in [1.29, 1.82) is 0 Å². The van der Waals surface area contributed by atoms with Crippen LogP contribution in [0.3, 0.4) is 0 Å². The molecule has 0 aliphatic rings. The van der Waals surface area contributed by atoms with E-state index in [1.165, 1.54) is 11.1 Å². The zero-order valence-electron chi connectivity index (χ0n) is 14.5. The van der Waals surface area contributed by atoms with Gasteiger partial charge in [0.1, 0.15) is 0 Å². The van der Waals surface area contributed by atoms with E-state index in [0.29, 0.717) is 17.8 Å². The highest BCUT2D eigenvalue weighted by molar-refractivity contribution is 7.89. The van der Waals surface area contributed by atoms with Gasteiger partial charge in [0.05, 0.1) is 11.8 Å². The van der Waals surface area contributed by atoms with Crippen molar-refractivity contribution in [2.24, 2.45) is 0 Å². The number of nitrogens with one attached hydrogen (secondary N) is 2. The Balaban J connectivity index is 2.01. The van der Waals surface area contributed by atoms with Crippen molar-refractivity contribution in [3.05, 3.63) is 52.2 Å². The molecule has 6 nitrogen and oxygen atoms in total. The molecule has 0 fully saturated rings. The normalized spacial score (nSPS) is 12.8. The summed E-state index contributed by atoms with van der Waals surface area (Å²) >= 11 is 1.64. The zero-order chi connectivity index (χ0) is 18.4. The van der Waals surface area contributed by atoms with Gasteiger partial charge in [0.2, 0.25) is 0 Å². The number of rotatable bonds is 7. The maximum absolute atomic E-state index is 12.2. The monoisotopic (exact) mass is 381 g/mol. The summed E-state index contributed by atoms with van der Waals surface area (Å²) in [4.78, 5) is 15.5. The standard InChI is InChI=1S/C17H23N3O3S2/c1-20(2)15(16-9-6-10-24-16)11-18-17(21)19-14-8-5-4-7-13(14)12-25(3,22)23/h4-10,15H,11-12H2,1-3H3,(H2,18,19,21). The molecule has 2 amide bonds. The van der Waals surface area contributed by atoms with Crippen LogP contribution in [0.15, 0.2) is 41.8 Å². The average Bonchev–Trinajstić information content (AvgIpc) is 3.02. The van der Waals surface area contributed by atoms with Gasteiger partial charge in [0.15, 0.2) is 9.84 Å². The Hall–Kier alpha value is -1.90. The van der Waals surface area contributed by atoms with Crippen LogP contribution in [-0.2, 0) is 15.6 Å². The number of urea groups is 1. The minimum Gasteiger partial charge on any atom is -0.336 e. The predicted molar refractivity (Wildman–Crippen MR) is 103 cm³/mol. The lowest BCUT2D eigenvalue weighted by Crippen LogP contribution is -2.36. The maximum Gasteiger partial charge on any atom is 0.319 e. The fourth-order valence-electron chi connectivity index (χ4n) is 2.42. The number of benzene rings is 1. The third-order valence-corrected chi connectivity index (χ3v) is 5.44. The van der Waals surface area contributed by atoms with Crippen molar-refractivity contribution >= 4 is 32.9 Å². The number of hydrogen-bond acceptors (Lipinski definition) is 5. The van der Waals surface area contributed by atoms with E-state index < -0.39 is 9.84 Å². The Morgan fingerprint density at radius 1 is 1.20 bits per heavy atom. The van der Waals surface area contributed by atoms with E-state index >= 15 is 0 Å². The highest BCUT2D eigenvalue weighted by Gasteiger charge is 2.17. The van der Waals surface area contributed by atoms with Crippen molar-refractivity contribution in [3.8, 4) is 0 Å². The van der Waals surface area contributed by atoms with Crippen molar-refractivity contribution in [1.82, 2.24) is 10.2 Å². The molecule has 0 bridgehead atoms. The molecule has 2 aromatic rings. The molecule has 136 valence electrons. The van der Waals surface area contributed by atoms with Gasteiger partial charge in [-0.25, -0.2) is 13.2 Å². The zero-order valence-corrected chi connectivity index (χ0v) is 16.2. The fourth-order valence-corrected chi connectivity index (χ4v) is 4.16. The molecule has 1 unspecified atom stereocenters. The molecule has 2 rings (SSSR count). The summed E-state index contributed by atoms with van der Waals surface area (Å²) in [6.45, 7) is 0.452. The Morgan fingerprint density at radius 3 is 2.52 bits per heavy atom. The molecule has 0 spiro atoms. The number of sulfone groups is 1. The summed E-state index contributed by atoms with van der Waals surface area (Å²) < 4.78 is 23.1. The minimum atomic E-state index is -3.18. The lowest BCUT2D eigenvalue weighted by Gasteiger charge is -2.23. The van der Waals surface area contributed by atoms with E-state index in [2.05, 4.69) is 10.6 Å². The van der Waals surface area contributed by atoms with Crippen molar-refractivity contribution in [3.63, 3.8) is 0 Å². The van der Waals surface area contributed by atoms with Crippen LogP contribution in [0, 0.1) is 0 Å². The summed E-state index contributed by atoms with van der Waals surface area (Å²) in [6, 6.07) is 10.7. The number of anilines is 1. The first-order chi connectivity index (χ1) is 11.8. The molecule has 0 aliphatic carbocycles. The molecule has 25 heavy (non-hydrogen) atoms. The molecule has 0 aliphatic heterocycles. The van der Waals surface area contributed by atoms with Crippen LogP contribution in [0.1, 0.15) is 16.5 Å². The molecule has 1 heterocycles. The molecular formula is C17H23N3O3S2. The van der Waals surface area contributed by atoms with E-state index in [9.17, 15) is 13.2 Å². The minimum absolute atomic E-state index is 0.0806. The van der Waals surface area contributed by atoms with E-state index in [0.717, 1.165) is 0 Å². The second-order valence-electron chi connectivity index (χ2n) is 6.06. The molecule has 0 radical (unpaired) electrons. The molecule has 1 atom stereocenters. The summed E-state index contributed by atoms with van der Waals surface area (Å²) in [7, 11) is 0.748. The van der Waals surface area contributed by atoms with E-state index in [1.54, 1.807) is 35.6 Å². The van der Waals surface area contributed by atoms with E-state index in [1.807, 2.05) is 36.5 Å². The number of carbonyl (C=O) groups excluding carboxylic acids is 1. The summed E-state index contributed by atoms with van der Waals surface area (Å²) in [5, 5.41) is 7.61. The van der Waals surface area contributed by atoms with Gasteiger partial charge < -0.3 is 15.5 Å². The van der Waals surface area contributed by atoms with Gasteiger partial charge in [-0.2, -0.15) is 0 Å². The molecule has 0 saturated carbocycles. The van der Waals surface area contributed by atoms with Crippen LogP contribution in [0.25, 0.3) is 0 Å². The quantitative estimate of drug-likeness (QED) is 0.773. The number of nitrogens with zero attached hydrogens (tertiary/aromatic N) is 1. The summed E-state index contributed by atoms with van der Waals surface area (Å²) in [5.41, 5.74) is 1.07. The van der Waals surface area contributed by atoms with E-state index in [-0.39, 0.29) is 17.8 Å². The fraction of sp³-hybridized carbons (Fsp3) is 0.353. The van der Waals surface area contributed by atoms with Crippen LogP contribution < -0.4 is 10.6 Å². The Kier molecular flexibility index (Phi) is 6.57. The van der Waals surface area contributed by atoms with Gasteiger partial charge in [-0.05, 0) is 37.2 Å². The Morgan fingerprint density at radius 2 is 1.92 bits per heavy atom. The van der Waals surface area contributed by atoms with Crippen LogP contribution in [0.4, 0.5) is 10.5 Å². The first kappa shape index (κ1) is 19.4. The van der Waals surface area contributed by atoms with Crippen LogP contribution in [0.5, 0.6) is 0 Å². The third kappa shape index (κ3) is 6.15. The molecule has 0 saturated heterocycles. The number of likely N-dealkylation sites (N-methyl/N-ethyl adjacent to an activating group) is 1. The second kappa shape index (κ2) is 8.46. The molecule has 2 N–H and O–H groups in total. The first-order valence-corrected chi connectivity index (χ1v) is 10.7. The molecular weight excluding hydrogens is 358 g/mol. The van der Waals surface area contributed by atoms with Gasteiger partial charge in [0, 0.05) is 23.4 Å². The number of thiophene rings is 1. The largest absolute Gasteiger partial charge is 0.336 e. The smallest absolute Gasteiger partial charge is 0.319 e. The number of hydrogen-bond donors (Lipinski definition) is 2. The van der Waals surface area contributed by atoms with Crippen LogP contribution in [0.2, 0.25) is 0 Å². The Bertz CT molecular complexity index is 802. The van der Waals surface area contributed by atoms with Crippen LogP contribution in [-0.4, -0.2) is 46.2 Å². The topological polar surface area (TPSA) is 78.5 Å². The van der Waals surface area contributed by atoms with Gasteiger partial charge in [-0.1, -0.05) is 24.3 Å². The number of amides is 2. The highest BCUT2D eigenvalue weighted by atomic mass is 32.2. The van der Waals surface area contributed by atoms with Gasteiger partial charge in [-0.15, -0.1) is 11.3 Å². The van der Waals surface area contributed by atoms with Gasteiger partial charge in [-0.3, -0.25) is 0 Å². The van der Waals surface area contributed by atoms with E-state index in [4.69, 9.17) is 0 Å². The van der Waals surface area contributed by atoms with Gasteiger partial charge in [0.25, 0.3) is 0 Å². The highest BCUT2D eigenvalue weighted by Crippen LogP contribution is 2.22. The van der Waals surface area contributed by atoms with Crippen molar-refractivity contribution in [2.75, 3.05) is 32.2 Å². The summed E-state index contributed by atoms with van der Waals surface area (Å²) in [5.74, 6) is -0.112. The second-order valence-corrected chi connectivity index (χ2v) is 9.18. The summed E-state index contributed by atoms with van der Waals surface area (Å²) in [6.07, 6.45) is 1.17. The number of para-hydroxylation sites is 1. The lowest BCUT2D eigenvalue weighted by atomic mass is 10.2. The predicted octanol–water partition coefficient (Wildman–Crippen LogP) is 2.72. The average molecular weight is 382 g/mol. The van der Waals surface area contributed by atoms with Crippen molar-refractivity contribution in [2.45, 2.75) is 11.8 Å². The van der Waals surface area contributed by atoms with Crippen LogP contribution >= 0.6 is 11.3 Å². The molecule has 1 aromatic carbocycles. The maximum atomic E-state index is 12.2. The first-order valence-electron chi connectivity index (χ1n) is 7.76. The SMILES string of the molecule is CN(C)C(CNC(=O)Nc1ccccc1CS(C)(=O)=O)c1cccs1.